The summed E-state index contributed by atoms with van der Waals surface area (Å²) in [7, 11) is 1.71. The first kappa shape index (κ1) is 21.1. The highest BCUT2D eigenvalue weighted by molar-refractivity contribution is 8.15. The molecule has 0 spiro atoms. The van der Waals surface area contributed by atoms with E-state index in [1.165, 1.54) is 22.2 Å². The predicted molar refractivity (Wildman–Crippen MR) is 121 cm³/mol. The lowest BCUT2D eigenvalue weighted by atomic mass is 10.0. The number of anilines is 1. The van der Waals surface area contributed by atoms with Gasteiger partial charge >= 0.3 is 0 Å². The summed E-state index contributed by atoms with van der Waals surface area (Å²) in [4.78, 5) is 31.2. The zero-order valence-electron chi connectivity index (χ0n) is 17.5. The van der Waals surface area contributed by atoms with Crippen molar-refractivity contribution in [3.05, 3.63) is 59.2 Å². The standard InChI is InChI=1S/C23H27N3O2S/c1-14(2)17-6-8-18(9-7-17)24-21(27)13-20-22(28)26(5)23(29-20)25-19-11-15(3)10-16(4)12-19/h6-12,14,20H,13H2,1-5H3,(H,24,27). The molecule has 1 aliphatic heterocycles. The minimum absolute atomic E-state index is 0.0940. The first-order chi connectivity index (χ1) is 13.7. The summed E-state index contributed by atoms with van der Waals surface area (Å²) in [6.45, 7) is 8.30. The van der Waals surface area contributed by atoms with Crippen molar-refractivity contribution >= 4 is 40.1 Å². The number of benzene rings is 2. The number of nitrogens with zero attached hydrogens (tertiary/aromatic N) is 2. The lowest BCUT2D eigenvalue weighted by molar-refractivity contribution is -0.127. The average molecular weight is 410 g/mol. The molecule has 2 amide bonds. The number of amides is 2. The van der Waals surface area contributed by atoms with Gasteiger partial charge in [-0.25, -0.2) is 4.99 Å². The van der Waals surface area contributed by atoms with Gasteiger partial charge in [0.15, 0.2) is 5.17 Å². The smallest absolute Gasteiger partial charge is 0.242 e. The van der Waals surface area contributed by atoms with Crippen LogP contribution in [0.2, 0.25) is 0 Å². The van der Waals surface area contributed by atoms with Gasteiger partial charge in [-0.3, -0.25) is 14.5 Å². The lowest BCUT2D eigenvalue weighted by Crippen LogP contribution is -2.30. The number of carbonyl (C=O) groups excluding carboxylic acids is 2. The first-order valence-corrected chi connectivity index (χ1v) is 10.6. The summed E-state index contributed by atoms with van der Waals surface area (Å²) in [6.07, 6.45) is 0.117. The Morgan fingerprint density at radius 3 is 2.34 bits per heavy atom. The largest absolute Gasteiger partial charge is 0.326 e. The Labute approximate surface area is 176 Å². The maximum atomic E-state index is 12.6. The van der Waals surface area contributed by atoms with E-state index >= 15 is 0 Å². The molecule has 5 nitrogen and oxygen atoms in total. The summed E-state index contributed by atoms with van der Waals surface area (Å²) in [5, 5.41) is 3.05. The number of amidine groups is 1. The summed E-state index contributed by atoms with van der Waals surface area (Å²) in [6, 6.07) is 13.9. The highest BCUT2D eigenvalue weighted by atomic mass is 32.2. The van der Waals surface area contributed by atoms with Gasteiger partial charge in [0.1, 0.15) is 5.25 Å². The van der Waals surface area contributed by atoms with Crippen LogP contribution in [-0.2, 0) is 9.59 Å². The maximum Gasteiger partial charge on any atom is 0.242 e. The molecule has 2 aromatic rings. The van der Waals surface area contributed by atoms with E-state index in [4.69, 9.17) is 0 Å². The monoisotopic (exact) mass is 409 g/mol. The number of thioether (sulfide) groups is 1. The SMILES string of the molecule is Cc1cc(C)cc(N=C2SC(CC(=O)Nc3ccc(C(C)C)cc3)C(=O)N2C)c1. The molecule has 1 atom stereocenters. The van der Waals surface area contributed by atoms with Crippen LogP contribution in [0, 0.1) is 13.8 Å². The van der Waals surface area contributed by atoms with Crippen LogP contribution in [-0.4, -0.2) is 34.2 Å². The van der Waals surface area contributed by atoms with Crippen molar-refractivity contribution in [2.24, 2.45) is 4.99 Å². The molecule has 29 heavy (non-hydrogen) atoms. The zero-order chi connectivity index (χ0) is 21.1. The number of carbonyl (C=O) groups is 2. The number of rotatable bonds is 5. The Balaban J connectivity index is 1.66. The van der Waals surface area contributed by atoms with E-state index in [0.29, 0.717) is 11.1 Å². The summed E-state index contributed by atoms with van der Waals surface area (Å²) in [5.41, 5.74) is 5.03. The Hall–Kier alpha value is -2.60. The van der Waals surface area contributed by atoms with Gasteiger partial charge in [-0.05, 0) is 60.7 Å². The molecule has 1 heterocycles. The van der Waals surface area contributed by atoms with Crippen LogP contribution in [0.5, 0.6) is 0 Å². The molecule has 1 fully saturated rings. The maximum absolute atomic E-state index is 12.6. The van der Waals surface area contributed by atoms with Crippen LogP contribution < -0.4 is 5.32 Å². The normalized spacial score (nSPS) is 18.0. The highest BCUT2D eigenvalue weighted by Crippen LogP contribution is 2.31. The van der Waals surface area contributed by atoms with E-state index in [-0.39, 0.29) is 18.2 Å². The van der Waals surface area contributed by atoms with Crippen LogP contribution >= 0.6 is 11.8 Å². The second-order valence-corrected chi connectivity index (χ2v) is 8.94. The molecule has 0 bridgehead atoms. The first-order valence-electron chi connectivity index (χ1n) is 9.74. The molecule has 0 aromatic heterocycles. The number of hydrogen-bond donors (Lipinski definition) is 1. The third-order valence-electron chi connectivity index (χ3n) is 4.80. The van der Waals surface area contributed by atoms with Crippen molar-refractivity contribution in [3.8, 4) is 0 Å². The van der Waals surface area contributed by atoms with Crippen molar-refractivity contribution in [3.63, 3.8) is 0 Å². The molecular formula is C23H27N3O2S. The minimum atomic E-state index is -0.459. The van der Waals surface area contributed by atoms with Gasteiger partial charge in [0.2, 0.25) is 11.8 Å². The number of aliphatic imine (C=N–C) groups is 1. The Bertz CT molecular complexity index is 931. The van der Waals surface area contributed by atoms with Crippen LogP contribution in [0.15, 0.2) is 47.5 Å². The van der Waals surface area contributed by atoms with Gasteiger partial charge in [-0.15, -0.1) is 0 Å². The van der Waals surface area contributed by atoms with Crippen LogP contribution in [0.1, 0.15) is 42.9 Å². The molecule has 0 saturated carbocycles. The van der Waals surface area contributed by atoms with Crippen molar-refractivity contribution in [1.82, 2.24) is 4.90 Å². The number of nitrogens with one attached hydrogen (secondary N) is 1. The summed E-state index contributed by atoms with van der Waals surface area (Å²) < 4.78 is 0. The van der Waals surface area contributed by atoms with Crippen molar-refractivity contribution in [2.45, 2.75) is 45.3 Å². The van der Waals surface area contributed by atoms with Gasteiger partial charge < -0.3 is 5.32 Å². The zero-order valence-corrected chi connectivity index (χ0v) is 18.3. The number of aryl methyl sites for hydroxylation is 2. The van der Waals surface area contributed by atoms with E-state index in [0.717, 1.165) is 22.5 Å². The second-order valence-electron chi connectivity index (χ2n) is 7.77. The Kier molecular flexibility index (Phi) is 6.42. The van der Waals surface area contributed by atoms with Gasteiger partial charge in [0.05, 0.1) is 5.69 Å². The molecule has 152 valence electrons. The van der Waals surface area contributed by atoms with Crippen LogP contribution in [0.3, 0.4) is 0 Å². The average Bonchev–Trinajstić information content (AvgIpc) is 2.89. The summed E-state index contributed by atoms with van der Waals surface area (Å²) >= 11 is 1.34. The molecule has 1 saturated heterocycles. The molecular weight excluding hydrogens is 382 g/mol. The third kappa shape index (κ3) is 5.26. The molecule has 0 radical (unpaired) electrons. The van der Waals surface area contributed by atoms with Crippen molar-refractivity contribution < 1.29 is 9.59 Å². The molecule has 1 N–H and O–H groups in total. The van der Waals surface area contributed by atoms with Gasteiger partial charge in [-0.1, -0.05) is 43.8 Å². The molecule has 1 aliphatic rings. The minimum Gasteiger partial charge on any atom is -0.326 e. The fourth-order valence-corrected chi connectivity index (χ4v) is 4.41. The molecule has 6 heteroatoms. The molecule has 1 unspecified atom stereocenters. The summed E-state index contributed by atoms with van der Waals surface area (Å²) in [5.74, 6) is 0.176. The molecule has 0 aliphatic carbocycles. The van der Waals surface area contributed by atoms with Crippen LogP contribution in [0.25, 0.3) is 0 Å². The van der Waals surface area contributed by atoms with E-state index in [9.17, 15) is 9.59 Å². The molecule has 3 rings (SSSR count). The number of hydrogen-bond acceptors (Lipinski definition) is 4. The van der Waals surface area contributed by atoms with E-state index in [1.54, 1.807) is 7.05 Å². The van der Waals surface area contributed by atoms with E-state index in [1.807, 2.05) is 50.2 Å². The van der Waals surface area contributed by atoms with Gasteiger partial charge in [-0.2, -0.15) is 0 Å². The van der Waals surface area contributed by atoms with Crippen LogP contribution in [0.4, 0.5) is 11.4 Å². The fraction of sp³-hybridized carbons (Fsp3) is 0.348. The fourth-order valence-electron chi connectivity index (χ4n) is 3.25. The Morgan fingerprint density at radius 2 is 1.76 bits per heavy atom. The Morgan fingerprint density at radius 1 is 1.14 bits per heavy atom. The van der Waals surface area contributed by atoms with Crippen molar-refractivity contribution in [1.29, 1.82) is 0 Å². The predicted octanol–water partition coefficient (Wildman–Crippen LogP) is 5.02. The topological polar surface area (TPSA) is 61.8 Å². The third-order valence-corrected chi connectivity index (χ3v) is 6.03. The second kappa shape index (κ2) is 8.82. The van der Waals surface area contributed by atoms with Gasteiger partial charge in [0, 0.05) is 19.2 Å². The lowest BCUT2D eigenvalue weighted by Gasteiger charge is -2.10. The van der Waals surface area contributed by atoms with E-state index < -0.39 is 5.25 Å². The quantitative estimate of drug-likeness (QED) is 0.754. The van der Waals surface area contributed by atoms with Gasteiger partial charge in [0.25, 0.3) is 0 Å². The highest BCUT2D eigenvalue weighted by Gasteiger charge is 2.37. The molecule has 2 aromatic carbocycles. The van der Waals surface area contributed by atoms with Crippen molar-refractivity contribution in [2.75, 3.05) is 12.4 Å². The van der Waals surface area contributed by atoms with E-state index in [2.05, 4.69) is 30.2 Å².